The second-order valence-corrected chi connectivity index (χ2v) is 8.66. The monoisotopic (exact) mass is 489 g/mol. The molecular weight excluding hydrogens is 454 g/mol. The first-order chi connectivity index (χ1) is 15.6. The Kier molecular flexibility index (Phi) is 12.5. The molecule has 0 bridgehead atoms. The van der Waals surface area contributed by atoms with Crippen LogP contribution in [0.5, 0.6) is 0 Å². The molecule has 1 fully saturated rings. The highest BCUT2D eigenvalue weighted by Crippen LogP contribution is 2.18. The maximum absolute atomic E-state index is 12.8. The molecule has 1 rings (SSSR count). The lowest BCUT2D eigenvalue weighted by Crippen LogP contribution is -2.58. The summed E-state index contributed by atoms with van der Waals surface area (Å²) in [5, 5.41) is 24.0. The zero-order valence-electron chi connectivity index (χ0n) is 18.7. The summed E-state index contributed by atoms with van der Waals surface area (Å²) in [6, 6.07) is -4.18. The molecule has 188 valence electrons. The van der Waals surface area contributed by atoms with Crippen molar-refractivity contribution in [3.8, 4) is 0 Å². The van der Waals surface area contributed by atoms with Gasteiger partial charge in [0, 0.05) is 13.1 Å². The van der Waals surface area contributed by atoms with Crippen LogP contribution in [0.2, 0.25) is 0 Å². The van der Waals surface area contributed by atoms with E-state index in [0.29, 0.717) is 38.0 Å². The minimum atomic E-state index is -1.32. The van der Waals surface area contributed by atoms with Gasteiger partial charge in [-0.05, 0) is 44.1 Å². The van der Waals surface area contributed by atoms with E-state index in [9.17, 15) is 29.4 Å². The number of carbonyl (C=O) groups excluding carboxylic acids is 3. The van der Waals surface area contributed by atoms with Crippen molar-refractivity contribution >= 4 is 41.4 Å². The Labute approximate surface area is 196 Å². The van der Waals surface area contributed by atoms with E-state index in [0.717, 1.165) is 4.90 Å². The highest BCUT2D eigenvalue weighted by atomic mass is 32.2. The minimum Gasteiger partial charge on any atom is -0.480 e. The first-order valence-corrected chi connectivity index (χ1v) is 12.1. The van der Waals surface area contributed by atoms with Crippen molar-refractivity contribution in [2.24, 2.45) is 22.2 Å². The van der Waals surface area contributed by atoms with Gasteiger partial charge in [-0.1, -0.05) is 0 Å². The van der Waals surface area contributed by atoms with Gasteiger partial charge in [-0.15, -0.1) is 0 Å². The standard InChI is InChI=1S/C19H35N7O6S/c1-33-9-6-12(24-15(28)11(20)4-2-7-23-19(21)22)16(29)25-13(10-27)17(30)26-8-3-5-14(26)18(31)32/h11-14,27H,2-10,20H2,1H3,(H,24,28)(H,25,29)(H,31,32)(H4,21,22,23). The Morgan fingerprint density at radius 3 is 2.39 bits per heavy atom. The number of carboxylic acid groups (broad SMARTS) is 1. The summed E-state index contributed by atoms with van der Waals surface area (Å²) >= 11 is 1.47. The normalized spacial score (nSPS) is 18.2. The van der Waals surface area contributed by atoms with Gasteiger partial charge in [0.25, 0.3) is 0 Å². The third kappa shape index (κ3) is 9.43. The summed E-state index contributed by atoms with van der Waals surface area (Å²) in [7, 11) is 0. The predicted octanol–water partition coefficient (Wildman–Crippen LogP) is -2.84. The third-order valence-corrected chi connectivity index (χ3v) is 5.81. The number of hydrogen-bond acceptors (Lipinski definition) is 8. The maximum atomic E-state index is 12.8. The van der Waals surface area contributed by atoms with E-state index in [1.807, 2.05) is 6.26 Å². The number of guanidine groups is 1. The summed E-state index contributed by atoms with van der Waals surface area (Å²) in [4.78, 5) is 54.4. The van der Waals surface area contributed by atoms with E-state index >= 15 is 0 Å². The summed E-state index contributed by atoms with van der Waals surface area (Å²) in [5.41, 5.74) is 16.4. The topological polar surface area (TPSA) is 226 Å². The molecule has 0 aliphatic carbocycles. The molecule has 0 spiro atoms. The zero-order chi connectivity index (χ0) is 25.0. The number of nitrogens with two attached hydrogens (primary N) is 3. The minimum absolute atomic E-state index is 0.0570. The number of hydrogen-bond donors (Lipinski definition) is 7. The molecule has 1 aliphatic heterocycles. The first-order valence-electron chi connectivity index (χ1n) is 10.7. The van der Waals surface area contributed by atoms with Crippen molar-refractivity contribution in [1.82, 2.24) is 15.5 Å². The number of amides is 3. The lowest BCUT2D eigenvalue weighted by atomic mass is 10.1. The quantitative estimate of drug-likeness (QED) is 0.0750. The number of likely N-dealkylation sites (tertiary alicyclic amines) is 1. The van der Waals surface area contributed by atoms with E-state index in [-0.39, 0.29) is 18.9 Å². The van der Waals surface area contributed by atoms with E-state index in [1.54, 1.807) is 0 Å². The van der Waals surface area contributed by atoms with Gasteiger partial charge in [0.05, 0.1) is 12.6 Å². The van der Waals surface area contributed by atoms with E-state index in [1.165, 1.54) is 11.8 Å². The Balaban J connectivity index is 2.76. The second kappa shape index (κ2) is 14.5. The Morgan fingerprint density at radius 2 is 1.82 bits per heavy atom. The molecule has 0 aromatic rings. The number of nitrogens with zero attached hydrogens (tertiary/aromatic N) is 2. The molecule has 4 unspecified atom stereocenters. The number of thioether (sulfide) groups is 1. The van der Waals surface area contributed by atoms with Crippen LogP contribution in [0.1, 0.15) is 32.1 Å². The molecule has 3 amide bonds. The van der Waals surface area contributed by atoms with Crippen molar-refractivity contribution in [2.75, 3.05) is 31.7 Å². The SMILES string of the molecule is CSCCC(NC(=O)C(N)CCCN=C(N)N)C(=O)NC(CO)C(=O)N1CCCC1C(=O)O. The fourth-order valence-corrected chi connectivity index (χ4v) is 3.85. The number of aliphatic hydroxyl groups excluding tert-OH is 1. The van der Waals surface area contributed by atoms with Gasteiger partial charge in [0.1, 0.15) is 18.1 Å². The molecule has 1 aliphatic rings. The fourth-order valence-electron chi connectivity index (χ4n) is 3.38. The number of carbonyl (C=O) groups is 4. The van der Waals surface area contributed by atoms with Crippen molar-refractivity contribution in [3.05, 3.63) is 0 Å². The van der Waals surface area contributed by atoms with Crippen LogP contribution in [0.15, 0.2) is 4.99 Å². The molecule has 0 aromatic carbocycles. The Bertz CT molecular complexity index is 719. The molecule has 14 heteroatoms. The summed E-state index contributed by atoms with van der Waals surface area (Å²) in [5.74, 6) is -2.53. The molecule has 0 aromatic heterocycles. The maximum Gasteiger partial charge on any atom is 0.326 e. The number of rotatable bonds is 14. The number of aliphatic hydroxyl groups is 1. The molecule has 4 atom stereocenters. The van der Waals surface area contributed by atoms with Gasteiger partial charge < -0.3 is 42.9 Å². The number of aliphatic imine (C=N–C) groups is 1. The smallest absolute Gasteiger partial charge is 0.326 e. The number of nitrogens with one attached hydrogen (secondary N) is 2. The lowest BCUT2D eigenvalue weighted by molar-refractivity contribution is -0.150. The van der Waals surface area contributed by atoms with Crippen LogP contribution >= 0.6 is 11.8 Å². The first kappa shape index (κ1) is 28.5. The average molecular weight is 490 g/mol. The van der Waals surface area contributed by atoms with Gasteiger partial charge in [-0.3, -0.25) is 19.4 Å². The Hall–Kier alpha value is -2.58. The van der Waals surface area contributed by atoms with Crippen LogP contribution in [-0.4, -0.2) is 101 Å². The Morgan fingerprint density at radius 1 is 1.15 bits per heavy atom. The molecule has 1 heterocycles. The van der Waals surface area contributed by atoms with Crippen molar-refractivity contribution in [3.63, 3.8) is 0 Å². The third-order valence-electron chi connectivity index (χ3n) is 5.17. The van der Waals surface area contributed by atoms with Crippen LogP contribution in [-0.2, 0) is 19.2 Å². The van der Waals surface area contributed by atoms with Crippen LogP contribution in [0.4, 0.5) is 0 Å². The highest BCUT2D eigenvalue weighted by molar-refractivity contribution is 7.98. The van der Waals surface area contributed by atoms with Gasteiger partial charge in [-0.25, -0.2) is 4.79 Å². The van der Waals surface area contributed by atoms with Gasteiger partial charge >= 0.3 is 5.97 Å². The van der Waals surface area contributed by atoms with Crippen LogP contribution in [0, 0.1) is 0 Å². The zero-order valence-corrected chi connectivity index (χ0v) is 19.6. The molecule has 10 N–H and O–H groups in total. The summed E-state index contributed by atoms with van der Waals surface area (Å²) in [6.07, 6.45) is 3.69. The molecule has 33 heavy (non-hydrogen) atoms. The van der Waals surface area contributed by atoms with Crippen LogP contribution < -0.4 is 27.8 Å². The molecular formula is C19H35N7O6S. The fraction of sp³-hybridized carbons (Fsp3) is 0.737. The van der Waals surface area contributed by atoms with E-state index in [4.69, 9.17) is 17.2 Å². The number of aliphatic carboxylic acids is 1. The summed E-state index contributed by atoms with van der Waals surface area (Å²) in [6.45, 7) is -0.168. The largest absolute Gasteiger partial charge is 0.480 e. The van der Waals surface area contributed by atoms with Gasteiger partial charge in [0.2, 0.25) is 17.7 Å². The molecule has 0 saturated carbocycles. The average Bonchev–Trinajstić information content (AvgIpc) is 3.27. The van der Waals surface area contributed by atoms with E-state index < -0.39 is 54.5 Å². The van der Waals surface area contributed by atoms with E-state index in [2.05, 4.69) is 15.6 Å². The van der Waals surface area contributed by atoms with Gasteiger partial charge in [0.15, 0.2) is 5.96 Å². The van der Waals surface area contributed by atoms with Crippen molar-refractivity contribution in [2.45, 2.75) is 56.3 Å². The second-order valence-electron chi connectivity index (χ2n) is 7.67. The lowest BCUT2D eigenvalue weighted by Gasteiger charge is -2.28. The highest BCUT2D eigenvalue weighted by Gasteiger charge is 2.38. The van der Waals surface area contributed by atoms with Crippen molar-refractivity contribution < 1.29 is 29.4 Å². The van der Waals surface area contributed by atoms with Crippen molar-refractivity contribution in [1.29, 1.82) is 0 Å². The predicted molar refractivity (Wildman–Crippen MR) is 124 cm³/mol. The number of carboxylic acids is 1. The van der Waals surface area contributed by atoms with Crippen LogP contribution in [0.3, 0.4) is 0 Å². The molecule has 0 radical (unpaired) electrons. The molecule has 1 saturated heterocycles. The van der Waals surface area contributed by atoms with Gasteiger partial charge in [-0.2, -0.15) is 11.8 Å². The van der Waals surface area contributed by atoms with Crippen LogP contribution in [0.25, 0.3) is 0 Å². The molecule has 13 nitrogen and oxygen atoms in total. The summed E-state index contributed by atoms with van der Waals surface area (Å²) < 4.78 is 0.